The van der Waals surface area contributed by atoms with Crippen molar-refractivity contribution in [2.75, 3.05) is 20.2 Å². The van der Waals surface area contributed by atoms with Gasteiger partial charge in [0.2, 0.25) is 5.91 Å². The number of carbonyl (C=O) groups excluding carboxylic acids is 1. The molecule has 2 unspecified atom stereocenters. The first-order chi connectivity index (χ1) is 9.60. The van der Waals surface area contributed by atoms with Gasteiger partial charge < -0.3 is 15.4 Å². The second-order valence-corrected chi connectivity index (χ2v) is 5.66. The lowest BCUT2D eigenvalue weighted by molar-refractivity contribution is -0.130. The molecule has 0 spiro atoms. The fourth-order valence-electron chi connectivity index (χ4n) is 2.70. The van der Waals surface area contributed by atoms with Crippen LogP contribution in [0.15, 0.2) is 24.3 Å². The standard InChI is InChI=1S/C16H24N2O2/c1-4-13(12-7-5-6-8-14(12)20-3)18-15(19)16(2)9-10-17-11-16/h5-8,13,17H,4,9-11H2,1-3H3,(H,18,19). The van der Waals surface area contributed by atoms with Gasteiger partial charge in [-0.2, -0.15) is 0 Å². The highest BCUT2D eigenvalue weighted by Gasteiger charge is 2.37. The van der Waals surface area contributed by atoms with Crippen molar-refractivity contribution >= 4 is 5.91 Å². The van der Waals surface area contributed by atoms with Crippen LogP contribution in [0.1, 0.15) is 38.3 Å². The summed E-state index contributed by atoms with van der Waals surface area (Å²) in [6, 6.07) is 7.87. The molecule has 1 fully saturated rings. The van der Waals surface area contributed by atoms with E-state index in [2.05, 4.69) is 17.6 Å². The molecule has 1 aliphatic heterocycles. The summed E-state index contributed by atoms with van der Waals surface area (Å²) in [7, 11) is 1.66. The Kier molecular flexibility index (Phi) is 4.65. The summed E-state index contributed by atoms with van der Waals surface area (Å²) in [6.45, 7) is 5.76. The van der Waals surface area contributed by atoms with E-state index in [4.69, 9.17) is 4.74 Å². The molecule has 4 nitrogen and oxygen atoms in total. The number of ether oxygens (including phenoxy) is 1. The highest BCUT2D eigenvalue weighted by Crippen LogP contribution is 2.30. The minimum atomic E-state index is -0.296. The third-order valence-corrected chi connectivity index (χ3v) is 4.14. The van der Waals surface area contributed by atoms with Crippen LogP contribution in [0.5, 0.6) is 5.75 Å². The number of amides is 1. The van der Waals surface area contributed by atoms with Crippen LogP contribution in [0.3, 0.4) is 0 Å². The Bertz CT molecular complexity index is 467. The zero-order valence-electron chi connectivity index (χ0n) is 12.5. The second kappa shape index (κ2) is 6.27. The molecule has 0 aromatic heterocycles. The summed E-state index contributed by atoms with van der Waals surface area (Å²) < 4.78 is 5.40. The van der Waals surface area contributed by atoms with Gasteiger partial charge in [-0.25, -0.2) is 0 Å². The Morgan fingerprint density at radius 1 is 1.50 bits per heavy atom. The molecule has 0 aliphatic carbocycles. The van der Waals surface area contributed by atoms with Crippen LogP contribution in [-0.2, 0) is 4.79 Å². The molecule has 1 amide bonds. The molecular weight excluding hydrogens is 252 g/mol. The van der Waals surface area contributed by atoms with E-state index in [-0.39, 0.29) is 17.4 Å². The average molecular weight is 276 g/mol. The number of methoxy groups -OCH3 is 1. The zero-order chi connectivity index (χ0) is 14.6. The number of hydrogen-bond donors (Lipinski definition) is 2. The molecule has 0 radical (unpaired) electrons. The Labute approximate surface area is 120 Å². The van der Waals surface area contributed by atoms with Crippen molar-refractivity contribution < 1.29 is 9.53 Å². The lowest BCUT2D eigenvalue weighted by Crippen LogP contribution is -2.42. The first-order valence-corrected chi connectivity index (χ1v) is 7.25. The maximum Gasteiger partial charge on any atom is 0.227 e. The minimum absolute atomic E-state index is 0.00363. The van der Waals surface area contributed by atoms with Gasteiger partial charge in [0.15, 0.2) is 0 Å². The summed E-state index contributed by atoms with van der Waals surface area (Å²) >= 11 is 0. The molecule has 0 bridgehead atoms. The maximum atomic E-state index is 12.5. The van der Waals surface area contributed by atoms with Crippen LogP contribution in [0.25, 0.3) is 0 Å². The quantitative estimate of drug-likeness (QED) is 0.867. The molecule has 20 heavy (non-hydrogen) atoms. The van der Waals surface area contributed by atoms with Gasteiger partial charge >= 0.3 is 0 Å². The molecule has 1 heterocycles. The third-order valence-electron chi connectivity index (χ3n) is 4.14. The van der Waals surface area contributed by atoms with Gasteiger partial charge in [0.05, 0.1) is 18.6 Å². The molecule has 110 valence electrons. The van der Waals surface area contributed by atoms with Crippen molar-refractivity contribution in [2.24, 2.45) is 5.41 Å². The molecule has 4 heteroatoms. The summed E-state index contributed by atoms with van der Waals surface area (Å²) in [5, 5.41) is 6.44. The Balaban J connectivity index is 2.14. The topological polar surface area (TPSA) is 50.4 Å². The first kappa shape index (κ1) is 14.9. The SMILES string of the molecule is CCC(NC(=O)C1(C)CCNC1)c1ccccc1OC. The molecule has 0 saturated carbocycles. The van der Waals surface area contributed by atoms with E-state index in [9.17, 15) is 4.79 Å². The van der Waals surface area contributed by atoms with E-state index < -0.39 is 0 Å². The van der Waals surface area contributed by atoms with E-state index in [1.54, 1.807) is 7.11 Å². The van der Waals surface area contributed by atoms with Crippen molar-refractivity contribution in [3.05, 3.63) is 29.8 Å². The predicted octanol–water partition coefficient (Wildman–Crippen LogP) is 2.26. The fraction of sp³-hybridized carbons (Fsp3) is 0.562. The minimum Gasteiger partial charge on any atom is -0.496 e. The number of rotatable bonds is 5. The maximum absolute atomic E-state index is 12.5. The summed E-state index contributed by atoms with van der Waals surface area (Å²) in [5.41, 5.74) is 0.746. The summed E-state index contributed by atoms with van der Waals surface area (Å²) in [4.78, 5) is 12.5. The molecule has 1 aliphatic rings. The van der Waals surface area contributed by atoms with E-state index in [1.807, 2.05) is 31.2 Å². The Morgan fingerprint density at radius 3 is 2.85 bits per heavy atom. The lowest BCUT2D eigenvalue weighted by atomic mass is 9.88. The third kappa shape index (κ3) is 2.96. The van der Waals surface area contributed by atoms with E-state index in [0.717, 1.165) is 37.2 Å². The number of nitrogens with one attached hydrogen (secondary N) is 2. The van der Waals surface area contributed by atoms with Gasteiger partial charge in [0, 0.05) is 12.1 Å². The van der Waals surface area contributed by atoms with Crippen LogP contribution in [0.4, 0.5) is 0 Å². The summed E-state index contributed by atoms with van der Waals surface area (Å²) in [5.74, 6) is 0.953. The number of hydrogen-bond acceptors (Lipinski definition) is 3. The predicted molar refractivity (Wildman–Crippen MR) is 79.8 cm³/mol. The first-order valence-electron chi connectivity index (χ1n) is 7.25. The van der Waals surface area contributed by atoms with Gasteiger partial charge in [-0.1, -0.05) is 25.1 Å². The number of para-hydroxylation sites is 1. The molecule has 1 saturated heterocycles. The van der Waals surface area contributed by atoms with Crippen molar-refractivity contribution in [2.45, 2.75) is 32.7 Å². The molecular formula is C16H24N2O2. The molecule has 1 aromatic rings. The fourth-order valence-corrected chi connectivity index (χ4v) is 2.70. The van der Waals surface area contributed by atoms with Crippen LogP contribution in [0, 0.1) is 5.41 Å². The lowest BCUT2D eigenvalue weighted by Gasteiger charge is -2.26. The van der Waals surface area contributed by atoms with Crippen molar-refractivity contribution in [3.8, 4) is 5.75 Å². The molecule has 2 rings (SSSR count). The van der Waals surface area contributed by atoms with Gasteiger partial charge in [-0.05, 0) is 32.4 Å². The number of benzene rings is 1. The van der Waals surface area contributed by atoms with Gasteiger partial charge in [-0.15, -0.1) is 0 Å². The van der Waals surface area contributed by atoms with Crippen molar-refractivity contribution in [3.63, 3.8) is 0 Å². The van der Waals surface area contributed by atoms with Crippen LogP contribution in [-0.4, -0.2) is 26.1 Å². The Morgan fingerprint density at radius 2 is 2.25 bits per heavy atom. The largest absolute Gasteiger partial charge is 0.496 e. The second-order valence-electron chi connectivity index (χ2n) is 5.66. The van der Waals surface area contributed by atoms with Crippen molar-refractivity contribution in [1.29, 1.82) is 0 Å². The van der Waals surface area contributed by atoms with E-state index in [1.165, 1.54) is 0 Å². The Hall–Kier alpha value is -1.55. The van der Waals surface area contributed by atoms with Crippen molar-refractivity contribution in [1.82, 2.24) is 10.6 Å². The summed E-state index contributed by atoms with van der Waals surface area (Å²) in [6.07, 6.45) is 1.73. The molecule has 1 aromatic carbocycles. The monoisotopic (exact) mass is 276 g/mol. The molecule has 2 atom stereocenters. The molecule has 2 N–H and O–H groups in total. The van der Waals surface area contributed by atoms with Crippen LogP contribution >= 0.6 is 0 Å². The number of carbonyl (C=O) groups is 1. The van der Waals surface area contributed by atoms with E-state index >= 15 is 0 Å². The van der Waals surface area contributed by atoms with Gasteiger partial charge in [0.25, 0.3) is 0 Å². The average Bonchev–Trinajstić information content (AvgIpc) is 2.92. The van der Waals surface area contributed by atoms with Crippen LogP contribution in [0.2, 0.25) is 0 Å². The van der Waals surface area contributed by atoms with Crippen LogP contribution < -0.4 is 15.4 Å². The van der Waals surface area contributed by atoms with Gasteiger partial charge in [0.1, 0.15) is 5.75 Å². The van der Waals surface area contributed by atoms with E-state index in [0.29, 0.717) is 0 Å². The smallest absolute Gasteiger partial charge is 0.227 e. The highest BCUT2D eigenvalue weighted by atomic mass is 16.5. The zero-order valence-corrected chi connectivity index (χ0v) is 12.5. The van der Waals surface area contributed by atoms with Gasteiger partial charge in [-0.3, -0.25) is 4.79 Å². The highest BCUT2D eigenvalue weighted by molar-refractivity contribution is 5.83. The normalized spacial score (nSPS) is 23.4.